The monoisotopic (exact) mass is 346 g/mol. The molecule has 0 spiro atoms. The third kappa shape index (κ3) is 4.85. The molecular weight excluding hydrogens is 335 g/mol. The van der Waals surface area contributed by atoms with Gasteiger partial charge in [0, 0.05) is 5.56 Å². The molecule has 0 bridgehead atoms. The van der Waals surface area contributed by atoms with Gasteiger partial charge in [0.2, 0.25) is 0 Å². The smallest absolute Gasteiger partial charge is 0.744 e. The molecule has 0 unspecified atom stereocenters. The number of carbonyl (C=O) groups excluding carboxylic acids is 1. The maximum absolute atomic E-state index is 12.4. The number of benzene rings is 2. The van der Waals surface area contributed by atoms with E-state index in [0.29, 0.717) is 0 Å². The SMILES string of the molecule is O=C(c1ccccc1)c1cccc(S(=O)(=O)[O-])c1OC(O)O.[Na+]. The van der Waals surface area contributed by atoms with E-state index in [2.05, 4.69) is 4.74 Å². The largest absolute Gasteiger partial charge is 1.00 e. The second-order valence-electron chi connectivity index (χ2n) is 4.23. The van der Waals surface area contributed by atoms with Gasteiger partial charge in [0.05, 0.1) is 10.5 Å². The topological polar surface area (TPSA) is 124 Å². The van der Waals surface area contributed by atoms with Crippen LogP contribution in [-0.2, 0) is 10.1 Å². The van der Waals surface area contributed by atoms with E-state index in [4.69, 9.17) is 10.2 Å². The van der Waals surface area contributed by atoms with Crippen molar-refractivity contribution >= 4 is 15.9 Å². The van der Waals surface area contributed by atoms with Crippen LogP contribution in [0.4, 0.5) is 0 Å². The Bertz CT molecular complexity index is 788. The minimum absolute atomic E-state index is 0. The van der Waals surface area contributed by atoms with Crippen LogP contribution in [0.1, 0.15) is 15.9 Å². The molecule has 2 aromatic rings. The summed E-state index contributed by atoms with van der Waals surface area (Å²) in [5.41, 5.74) is -0.0450. The standard InChI is InChI=1S/C14H12O7S.Na/c15-12(9-5-2-1-3-6-9)10-7-4-8-11(22(18,19)20)13(10)21-14(16)17;/h1-8,14,16-17H,(H,18,19,20);/q;+1/p-1. The molecule has 0 atom stereocenters. The van der Waals surface area contributed by atoms with E-state index < -0.39 is 33.0 Å². The van der Waals surface area contributed by atoms with Crippen molar-refractivity contribution in [2.75, 3.05) is 0 Å². The maximum atomic E-state index is 12.4. The predicted octanol–water partition coefficient (Wildman–Crippen LogP) is -2.53. The van der Waals surface area contributed by atoms with Gasteiger partial charge in [-0.2, -0.15) is 0 Å². The number of hydrogen-bond donors (Lipinski definition) is 2. The number of para-hydroxylation sites is 1. The number of ether oxygens (including phenoxy) is 1. The van der Waals surface area contributed by atoms with E-state index in [9.17, 15) is 17.8 Å². The molecule has 2 rings (SSSR count). The van der Waals surface area contributed by atoms with Crippen molar-refractivity contribution in [1.82, 2.24) is 0 Å². The zero-order valence-corrected chi connectivity index (χ0v) is 14.9. The summed E-state index contributed by atoms with van der Waals surface area (Å²) in [5.74, 6) is -1.32. The molecule has 116 valence electrons. The molecule has 2 aromatic carbocycles. The summed E-state index contributed by atoms with van der Waals surface area (Å²) in [6.45, 7) is -2.38. The fourth-order valence-electron chi connectivity index (χ4n) is 1.86. The molecule has 0 aliphatic heterocycles. The van der Waals surface area contributed by atoms with Gasteiger partial charge in [-0.25, -0.2) is 8.42 Å². The second kappa shape index (κ2) is 8.02. The number of rotatable bonds is 5. The first-order chi connectivity index (χ1) is 10.3. The fourth-order valence-corrected chi connectivity index (χ4v) is 2.49. The molecule has 0 amide bonds. The summed E-state index contributed by atoms with van der Waals surface area (Å²) < 4.78 is 38.3. The Morgan fingerprint density at radius 1 is 1.04 bits per heavy atom. The van der Waals surface area contributed by atoms with Crippen LogP contribution >= 0.6 is 0 Å². The Balaban J connectivity index is 0.00000264. The number of hydrogen-bond acceptors (Lipinski definition) is 7. The quantitative estimate of drug-likeness (QED) is 0.265. The van der Waals surface area contributed by atoms with Crippen molar-refractivity contribution in [3.05, 3.63) is 59.7 Å². The summed E-state index contributed by atoms with van der Waals surface area (Å²) in [5, 5.41) is 17.8. The van der Waals surface area contributed by atoms with Crippen molar-refractivity contribution in [1.29, 1.82) is 0 Å². The number of aliphatic hydroxyl groups is 2. The predicted molar refractivity (Wildman–Crippen MR) is 73.1 cm³/mol. The van der Waals surface area contributed by atoms with Crippen molar-refractivity contribution in [3.63, 3.8) is 0 Å². The first-order valence-corrected chi connectivity index (χ1v) is 7.43. The molecule has 0 saturated heterocycles. The van der Waals surface area contributed by atoms with E-state index in [1.807, 2.05) is 0 Å². The van der Waals surface area contributed by atoms with Crippen LogP contribution in [0.3, 0.4) is 0 Å². The van der Waals surface area contributed by atoms with Crippen LogP contribution in [0.5, 0.6) is 5.75 Å². The van der Waals surface area contributed by atoms with Crippen molar-refractivity contribution in [2.45, 2.75) is 11.4 Å². The van der Waals surface area contributed by atoms with Crippen LogP contribution in [-0.4, -0.2) is 35.4 Å². The van der Waals surface area contributed by atoms with Crippen molar-refractivity contribution in [3.8, 4) is 5.75 Å². The summed E-state index contributed by atoms with van der Waals surface area (Å²) in [6, 6.07) is 11.2. The molecule has 0 fully saturated rings. The molecule has 0 heterocycles. The molecule has 2 N–H and O–H groups in total. The Morgan fingerprint density at radius 3 is 2.17 bits per heavy atom. The van der Waals surface area contributed by atoms with Gasteiger partial charge in [-0.1, -0.05) is 36.4 Å². The molecule has 0 aliphatic rings. The number of carbonyl (C=O) groups is 1. The third-order valence-corrected chi connectivity index (χ3v) is 3.61. The summed E-state index contributed by atoms with van der Waals surface area (Å²) in [6.07, 6.45) is 0. The van der Waals surface area contributed by atoms with Gasteiger partial charge < -0.3 is 19.5 Å². The van der Waals surface area contributed by atoms with Gasteiger partial charge in [-0.15, -0.1) is 0 Å². The van der Waals surface area contributed by atoms with Gasteiger partial charge in [-0.05, 0) is 12.1 Å². The van der Waals surface area contributed by atoms with E-state index in [0.717, 1.165) is 6.07 Å². The average molecular weight is 346 g/mol. The van der Waals surface area contributed by atoms with Gasteiger partial charge in [0.25, 0.3) is 0 Å². The Kier molecular flexibility index (Phi) is 6.90. The van der Waals surface area contributed by atoms with Crippen LogP contribution < -0.4 is 34.3 Å². The molecule has 0 radical (unpaired) electrons. The van der Waals surface area contributed by atoms with Crippen LogP contribution in [0.2, 0.25) is 0 Å². The Hall–Kier alpha value is -1.26. The van der Waals surface area contributed by atoms with Crippen LogP contribution in [0, 0.1) is 0 Å². The van der Waals surface area contributed by atoms with Gasteiger partial charge in [0.15, 0.2) is 11.5 Å². The van der Waals surface area contributed by atoms with E-state index >= 15 is 0 Å². The second-order valence-corrected chi connectivity index (χ2v) is 5.57. The summed E-state index contributed by atoms with van der Waals surface area (Å²) in [7, 11) is -4.97. The first kappa shape index (κ1) is 19.8. The van der Waals surface area contributed by atoms with E-state index in [-0.39, 0.29) is 40.7 Å². The fraction of sp³-hybridized carbons (Fsp3) is 0.0714. The zero-order chi connectivity index (χ0) is 16.3. The minimum atomic E-state index is -4.97. The minimum Gasteiger partial charge on any atom is -0.744 e. The Morgan fingerprint density at radius 2 is 1.65 bits per heavy atom. The molecular formula is C14H11NaO7S. The summed E-state index contributed by atoms with van der Waals surface area (Å²) >= 11 is 0. The number of aliphatic hydroxyl groups excluding tert-OH is 1. The molecule has 0 aromatic heterocycles. The van der Waals surface area contributed by atoms with Crippen molar-refractivity contribution < 1.29 is 62.3 Å². The van der Waals surface area contributed by atoms with Gasteiger partial charge in [-0.3, -0.25) is 4.79 Å². The van der Waals surface area contributed by atoms with E-state index in [1.54, 1.807) is 18.2 Å². The molecule has 7 nitrogen and oxygen atoms in total. The molecule has 23 heavy (non-hydrogen) atoms. The maximum Gasteiger partial charge on any atom is 1.00 e. The van der Waals surface area contributed by atoms with Gasteiger partial charge in [0.1, 0.15) is 10.1 Å². The third-order valence-electron chi connectivity index (χ3n) is 2.75. The average Bonchev–Trinajstić information content (AvgIpc) is 2.46. The van der Waals surface area contributed by atoms with Gasteiger partial charge >= 0.3 is 36.0 Å². The van der Waals surface area contributed by atoms with Crippen LogP contribution in [0.15, 0.2) is 53.4 Å². The van der Waals surface area contributed by atoms with E-state index in [1.165, 1.54) is 24.3 Å². The molecule has 0 aliphatic carbocycles. The first-order valence-electron chi connectivity index (χ1n) is 6.02. The number of ketones is 1. The summed E-state index contributed by atoms with van der Waals surface area (Å²) in [4.78, 5) is 11.5. The Labute approximate surface area is 154 Å². The molecule has 9 heteroatoms. The zero-order valence-electron chi connectivity index (χ0n) is 12.0. The van der Waals surface area contributed by atoms with Crippen molar-refractivity contribution in [2.24, 2.45) is 0 Å². The normalized spacial score (nSPS) is 11.0. The van der Waals surface area contributed by atoms with Crippen LogP contribution in [0.25, 0.3) is 0 Å². The molecule has 0 saturated carbocycles.